The highest BCUT2D eigenvalue weighted by Gasteiger charge is 2.20. The number of aromatic nitrogens is 1. The Hall–Kier alpha value is -1.42. The normalized spacial score (nSPS) is 15.4. The number of pyridine rings is 1. The minimum Gasteiger partial charge on any atom is -0.478 e. The van der Waals surface area contributed by atoms with E-state index in [9.17, 15) is 9.90 Å². The predicted octanol–water partition coefficient (Wildman–Crippen LogP) is 4.35. The summed E-state index contributed by atoms with van der Waals surface area (Å²) in [5.41, 5.74) is 3.16. The first-order valence-corrected chi connectivity index (χ1v) is 7.80. The molecule has 20 heavy (non-hydrogen) atoms. The lowest BCUT2D eigenvalue weighted by molar-refractivity contribution is 0.0697. The van der Waals surface area contributed by atoms with Crippen LogP contribution in [0, 0.1) is 0 Å². The summed E-state index contributed by atoms with van der Waals surface area (Å²) in [5.74, 6) is -0.840. The van der Waals surface area contributed by atoms with Crippen molar-refractivity contribution in [3.63, 3.8) is 0 Å². The molecule has 1 N–H and O–H groups in total. The maximum absolute atomic E-state index is 11.8. The molecule has 0 radical (unpaired) electrons. The van der Waals surface area contributed by atoms with Gasteiger partial charge in [0.2, 0.25) is 0 Å². The molecule has 0 saturated carbocycles. The van der Waals surface area contributed by atoms with Crippen LogP contribution in [0.2, 0.25) is 0 Å². The second-order valence-corrected chi connectivity index (χ2v) is 6.21. The second-order valence-electron chi connectivity index (χ2n) is 5.29. The van der Waals surface area contributed by atoms with E-state index >= 15 is 0 Å². The minimum atomic E-state index is -0.840. The van der Waals surface area contributed by atoms with E-state index in [2.05, 4.69) is 15.9 Å². The van der Waals surface area contributed by atoms with Crippen LogP contribution in [0.15, 0.2) is 22.7 Å². The third-order valence-electron chi connectivity index (χ3n) is 3.94. The van der Waals surface area contributed by atoms with Crippen LogP contribution in [0.3, 0.4) is 0 Å². The third-order valence-corrected chi connectivity index (χ3v) is 4.43. The summed E-state index contributed by atoms with van der Waals surface area (Å²) in [6.45, 7) is 0. The Labute approximate surface area is 126 Å². The van der Waals surface area contributed by atoms with E-state index in [1.807, 2.05) is 18.2 Å². The second kappa shape index (κ2) is 5.52. The summed E-state index contributed by atoms with van der Waals surface area (Å²) in [7, 11) is 0. The zero-order chi connectivity index (χ0) is 14.1. The molecule has 4 heteroatoms. The van der Waals surface area contributed by atoms with Gasteiger partial charge in [-0.25, -0.2) is 4.79 Å². The van der Waals surface area contributed by atoms with E-state index in [0.29, 0.717) is 5.56 Å². The van der Waals surface area contributed by atoms with Crippen LogP contribution >= 0.6 is 15.9 Å². The van der Waals surface area contributed by atoms with Gasteiger partial charge in [0.25, 0.3) is 0 Å². The number of hydrogen-bond donors (Lipinski definition) is 1. The van der Waals surface area contributed by atoms with Crippen molar-refractivity contribution < 1.29 is 9.90 Å². The van der Waals surface area contributed by atoms with Crippen LogP contribution in [-0.2, 0) is 12.8 Å². The molecule has 104 valence electrons. The number of halogens is 1. The van der Waals surface area contributed by atoms with Gasteiger partial charge in [-0.05, 0) is 49.4 Å². The monoisotopic (exact) mass is 333 g/mol. The molecular formula is C16H16BrNO2. The predicted molar refractivity (Wildman–Crippen MR) is 82.3 cm³/mol. The number of rotatable bonds is 1. The van der Waals surface area contributed by atoms with Crippen molar-refractivity contribution in [2.45, 2.75) is 38.5 Å². The number of carboxylic acids is 1. The van der Waals surface area contributed by atoms with Crippen molar-refractivity contribution in [1.29, 1.82) is 0 Å². The number of aromatic carboxylic acids is 1. The molecule has 3 nitrogen and oxygen atoms in total. The van der Waals surface area contributed by atoms with E-state index in [4.69, 9.17) is 4.98 Å². The Balaban J connectivity index is 2.32. The van der Waals surface area contributed by atoms with Crippen molar-refractivity contribution >= 4 is 32.8 Å². The molecule has 0 atom stereocenters. The molecule has 1 aliphatic carbocycles. The van der Waals surface area contributed by atoms with E-state index < -0.39 is 5.97 Å². The summed E-state index contributed by atoms with van der Waals surface area (Å²) in [4.78, 5) is 16.5. The summed E-state index contributed by atoms with van der Waals surface area (Å²) < 4.78 is 0.889. The minimum absolute atomic E-state index is 0.452. The van der Waals surface area contributed by atoms with Gasteiger partial charge in [-0.1, -0.05) is 28.8 Å². The lowest BCUT2D eigenvalue weighted by Gasteiger charge is -2.17. The quantitative estimate of drug-likeness (QED) is 0.843. The molecule has 2 aromatic rings. The van der Waals surface area contributed by atoms with Crippen LogP contribution in [0.1, 0.15) is 47.3 Å². The highest BCUT2D eigenvalue weighted by Crippen LogP contribution is 2.30. The van der Waals surface area contributed by atoms with Crippen LogP contribution in [-0.4, -0.2) is 16.1 Å². The molecule has 0 amide bonds. The molecule has 0 saturated heterocycles. The Morgan fingerprint density at radius 1 is 1.15 bits per heavy atom. The Kier molecular flexibility index (Phi) is 3.74. The lowest BCUT2D eigenvalue weighted by atomic mass is 9.91. The Morgan fingerprint density at radius 2 is 1.90 bits per heavy atom. The van der Waals surface area contributed by atoms with Gasteiger partial charge in [0.05, 0.1) is 11.1 Å². The number of carbonyl (C=O) groups is 1. The van der Waals surface area contributed by atoms with Gasteiger partial charge in [0, 0.05) is 15.6 Å². The molecule has 1 aromatic heterocycles. The summed E-state index contributed by atoms with van der Waals surface area (Å²) in [6, 6.07) is 5.67. The SMILES string of the molecule is O=C(O)c1c2c(nc3ccc(Br)cc13)CCCCCC2. The lowest BCUT2D eigenvalue weighted by Crippen LogP contribution is -2.11. The number of benzene rings is 1. The van der Waals surface area contributed by atoms with Gasteiger partial charge in [0.1, 0.15) is 0 Å². The average Bonchev–Trinajstić information content (AvgIpc) is 2.38. The van der Waals surface area contributed by atoms with E-state index in [1.165, 1.54) is 12.8 Å². The molecule has 0 aliphatic heterocycles. The van der Waals surface area contributed by atoms with Crippen molar-refractivity contribution in [1.82, 2.24) is 4.98 Å². The molecule has 1 heterocycles. The first-order valence-electron chi connectivity index (χ1n) is 7.01. The van der Waals surface area contributed by atoms with Gasteiger partial charge in [-0.15, -0.1) is 0 Å². The zero-order valence-electron chi connectivity index (χ0n) is 11.2. The summed E-state index contributed by atoms with van der Waals surface area (Å²) in [5, 5.41) is 10.4. The Morgan fingerprint density at radius 3 is 2.65 bits per heavy atom. The molecule has 0 fully saturated rings. The largest absolute Gasteiger partial charge is 0.478 e. The summed E-state index contributed by atoms with van der Waals surface area (Å²) >= 11 is 3.42. The molecule has 0 spiro atoms. The average molecular weight is 334 g/mol. The number of aryl methyl sites for hydroxylation is 1. The van der Waals surface area contributed by atoms with E-state index in [0.717, 1.165) is 52.3 Å². The van der Waals surface area contributed by atoms with Gasteiger partial charge >= 0.3 is 5.97 Å². The standard InChI is InChI=1S/C16H16BrNO2/c17-10-7-8-14-12(9-10)15(16(19)20)11-5-3-1-2-4-6-13(11)18-14/h7-9H,1-6H2,(H,19,20). The molecule has 0 unspecified atom stereocenters. The van der Waals surface area contributed by atoms with Crippen molar-refractivity contribution in [2.24, 2.45) is 0 Å². The Bertz CT molecular complexity index is 682. The molecule has 3 rings (SSSR count). The fourth-order valence-electron chi connectivity index (χ4n) is 2.99. The van der Waals surface area contributed by atoms with Gasteiger partial charge in [-0.3, -0.25) is 4.98 Å². The fraction of sp³-hybridized carbons (Fsp3) is 0.375. The van der Waals surface area contributed by atoms with Crippen molar-refractivity contribution in [3.05, 3.63) is 39.5 Å². The number of fused-ring (bicyclic) bond motifs is 2. The van der Waals surface area contributed by atoms with Crippen molar-refractivity contribution in [3.8, 4) is 0 Å². The smallest absolute Gasteiger partial charge is 0.336 e. The molecule has 1 aromatic carbocycles. The third kappa shape index (κ3) is 2.44. The van der Waals surface area contributed by atoms with Crippen LogP contribution in [0.25, 0.3) is 10.9 Å². The first-order chi connectivity index (χ1) is 9.66. The number of nitrogens with zero attached hydrogens (tertiary/aromatic N) is 1. The van der Waals surface area contributed by atoms with Crippen LogP contribution < -0.4 is 0 Å². The molecule has 0 bridgehead atoms. The highest BCUT2D eigenvalue weighted by atomic mass is 79.9. The van der Waals surface area contributed by atoms with E-state index in [1.54, 1.807) is 0 Å². The topological polar surface area (TPSA) is 50.2 Å². The maximum atomic E-state index is 11.8. The van der Waals surface area contributed by atoms with Gasteiger partial charge in [0.15, 0.2) is 0 Å². The number of carboxylic acid groups (broad SMARTS) is 1. The zero-order valence-corrected chi connectivity index (χ0v) is 12.7. The fourth-order valence-corrected chi connectivity index (χ4v) is 3.35. The maximum Gasteiger partial charge on any atom is 0.336 e. The molecule has 1 aliphatic rings. The van der Waals surface area contributed by atoms with Crippen LogP contribution in [0.5, 0.6) is 0 Å². The van der Waals surface area contributed by atoms with Gasteiger partial charge in [-0.2, -0.15) is 0 Å². The van der Waals surface area contributed by atoms with Gasteiger partial charge < -0.3 is 5.11 Å². The van der Waals surface area contributed by atoms with Crippen LogP contribution in [0.4, 0.5) is 0 Å². The van der Waals surface area contributed by atoms with Crippen molar-refractivity contribution in [2.75, 3.05) is 0 Å². The summed E-state index contributed by atoms with van der Waals surface area (Å²) in [6.07, 6.45) is 6.25. The number of hydrogen-bond acceptors (Lipinski definition) is 2. The van der Waals surface area contributed by atoms with E-state index in [-0.39, 0.29) is 0 Å². The molecular weight excluding hydrogens is 318 g/mol. The highest BCUT2D eigenvalue weighted by molar-refractivity contribution is 9.10. The first kappa shape index (κ1) is 13.6.